The third-order valence-corrected chi connectivity index (χ3v) is 2.79. The fraction of sp³-hybridized carbons (Fsp3) is 0.154. The van der Waals surface area contributed by atoms with Gasteiger partial charge >= 0.3 is 0 Å². The molecule has 98 valence electrons. The molecular weight excluding hydrogens is 269 g/mol. The molecule has 0 amide bonds. The number of aryl methyl sites for hydroxylation is 2. The Kier molecular flexibility index (Phi) is 3.76. The number of hydrogen-bond acceptors (Lipinski definition) is 4. The number of hydrogen-bond donors (Lipinski definition) is 1. The average molecular weight is 280 g/mol. The van der Waals surface area contributed by atoms with Gasteiger partial charge in [-0.3, -0.25) is 4.79 Å². The number of benzene rings is 1. The SMILES string of the molecule is Cc1ccc(F)c(Nc2nc(C)nc(Cl)c2C=O)c1. The minimum atomic E-state index is -0.435. The highest BCUT2D eigenvalue weighted by atomic mass is 35.5. The number of nitrogens with one attached hydrogen (secondary N) is 1. The second-order valence-electron chi connectivity index (χ2n) is 4.05. The molecule has 1 aromatic carbocycles. The molecular formula is C13H11ClFN3O. The van der Waals surface area contributed by atoms with Crippen molar-refractivity contribution >= 4 is 29.4 Å². The lowest BCUT2D eigenvalue weighted by atomic mass is 10.2. The monoisotopic (exact) mass is 279 g/mol. The molecule has 6 heteroatoms. The Morgan fingerprint density at radius 2 is 2.05 bits per heavy atom. The van der Waals surface area contributed by atoms with Crippen LogP contribution in [0, 0.1) is 19.7 Å². The first-order valence-electron chi connectivity index (χ1n) is 5.53. The maximum absolute atomic E-state index is 13.7. The first-order valence-corrected chi connectivity index (χ1v) is 5.91. The van der Waals surface area contributed by atoms with Crippen LogP contribution in [-0.2, 0) is 0 Å². The van der Waals surface area contributed by atoms with Crippen molar-refractivity contribution in [3.63, 3.8) is 0 Å². The molecule has 0 aliphatic rings. The predicted molar refractivity (Wildman–Crippen MR) is 71.6 cm³/mol. The zero-order valence-corrected chi connectivity index (χ0v) is 11.1. The Labute approximate surface area is 114 Å². The molecule has 0 saturated carbocycles. The van der Waals surface area contributed by atoms with E-state index in [0.29, 0.717) is 12.1 Å². The van der Waals surface area contributed by atoms with E-state index in [1.54, 1.807) is 19.1 Å². The minimum Gasteiger partial charge on any atom is -0.337 e. The van der Waals surface area contributed by atoms with Gasteiger partial charge in [-0.15, -0.1) is 0 Å². The molecule has 2 aromatic rings. The Bertz CT molecular complexity index is 646. The summed E-state index contributed by atoms with van der Waals surface area (Å²) in [5.74, 6) is 0.151. The lowest BCUT2D eigenvalue weighted by molar-refractivity contribution is 0.112. The smallest absolute Gasteiger partial charge is 0.156 e. The molecule has 0 aliphatic heterocycles. The van der Waals surface area contributed by atoms with Gasteiger partial charge in [0.2, 0.25) is 0 Å². The van der Waals surface area contributed by atoms with Gasteiger partial charge < -0.3 is 5.32 Å². The van der Waals surface area contributed by atoms with Crippen molar-refractivity contribution < 1.29 is 9.18 Å². The van der Waals surface area contributed by atoms with Crippen LogP contribution < -0.4 is 5.32 Å². The summed E-state index contributed by atoms with van der Waals surface area (Å²) in [5.41, 5.74) is 1.22. The zero-order valence-electron chi connectivity index (χ0n) is 10.4. The number of rotatable bonds is 3. The van der Waals surface area contributed by atoms with Crippen molar-refractivity contribution in [1.29, 1.82) is 0 Å². The maximum Gasteiger partial charge on any atom is 0.156 e. The number of nitrogens with zero attached hydrogens (tertiary/aromatic N) is 2. The van der Waals surface area contributed by atoms with Crippen molar-refractivity contribution in [3.05, 3.63) is 46.1 Å². The molecule has 0 fully saturated rings. The van der Waals surface area contributed by atoms with E-state index in [1.807, 2.05) is 6.92 Å². The van der Waals surface area contributed by atoms with E-state index >= 15 is 0 Å². The molecule has 0 spiro atoms. The number of aldehydes is 1. The molecule has 0 bridgehead atoms. The normalized spacial score (nSPS) is 10.3. The molecule has 2 rings (SSSR count). The Balaban J connectivity index is 2.48. The van der Waals surface area contributed by atoms with Gasteiger partial charge in [-0.1, -0.05) is 17.7 Å². The molecule has 0 aliphatic carbocycles. The van der Waals surface area contributed by atoms with E-state index in [1.165, 1.54) is 6.07 Å². The molecule has 19 heavy (non-hydrogen) atoms. The molecule has 1 N–H and O–H groups in total. The van der Waals surface area contributed by atoms with Gasteiger partial charge in [0, 0.05) is 0 Å². The standard InChI is InChI=1S/C13H11ClFN3O/c1-7-3-4-10(15)11(5-7)18-13-9(6-19)12(14)16-8(2)17-13/h3-6H,1-2H3,(H,16,17,18). The minimum absolute atomic E-state index is 0.0399. The van der Waals surface area contributed by atoms with Gasteiger partial charge in [-0.25, -0.2) is 14.4 Å². The molecule has 0 unspecified atom stereocenters. The number of halogens is 2. The summed E-state index contributed by atoms with van der Waals surface area (Å²) in [6.45, 7) is 3.47. The zero-order chi connectivity index (χ0) is 14.0. The molecule has 1 heterocycles. The topological polar surface area (TPSA) is 54.9 Å². The van der Waals surface area contributed by atoms with Gasteiger partial charge in [-0.2, -0.15) is 0 Å². The Morgan fingerprint density at radius 3 is 2.74 bits per heavy atom. The molecule has 0 saturated heterocycles. The maximum atomic E-state index is 13.7. The first-order chi connectivity index (χ1) is 9.01. The quantitative estimate of drug-likeness (QED) is 0.691. The number of anilines is 2. The first kappa shape index (κ1) is 13.4. The highest BCUT2D eigenvalue weighted by molar-refractivity contribution is 6.32. The second kappa shape index (κ2) is 5.32. The van der Waals surface area contributed by atoms with Crippen molar-refractivity contribution in [2.75, 3.05) is 5.32 Å². The molecule has 4 nitrogen and oxygen atoms in total. The third kappa shape index (κ3) is 2.88. The van der Waals surface area contributed by atoms with Gasteiger partial charge in [0.1, 0.15) is 22.6 Å². The summed E-state index contributed by atoms with van der Waals surface area (Å²) in [6.07, 6.45) is 0.539. The molecule has 0 radical (unpaired) electrons. The fourth-order valence-corrected chi connectivity index (χ4v) is 1.87. The van der Waals surface area contributed by atoms with Crippen LogP contribution in [0.15, 0.2) is 18.2 Å². The lowest BCUT2D eigenvalue weighted by Crippen LogP contribution is -2.04. The highest BCUT2D eigenvalue weighted by Crippen LogP contribution is 2.25. The third-order valence-electron chi connectivity index (χ3n) is 2.50. The van der Waals surface area contributed by atoms with E-state index in [9.17, 15) is 9.18 Å². The second-order valence-corrected chi connectivity index (χ2v) is 4.41. The van der Waals surface area contributed by atoms with Gasteiger partial charge in [-0.05, 0) is 31.5 Å². The Morgan fingerprint density at radius 1 is 1.32 bits per heavy atom. The van der Waals surface area contributed by atoms with Crippen LogP contribution in [0.3, 0.4) is 0 Å². The van der Waals surface area contributed by atoms with Crippen LogP contribution in [0.25, 0.3) is 0 Å². The number of aromatic nitrogens is 2. The summed E-state index contributed by atoms with van der Waals surface area (Å²) < 4.78 is 13.7. The van der Waals surface area contributed by atoms with E-state index in [-0.39, 0.29) is 22.2 Å². The van der Waals surface area contributed by atoms with Crippen LogP contribution in [0.2, 0.25) is 5.15 Å². The van der Waals surface area contributed by atoms with Crippen molar-refractivity contribution in [2.24, 2.45) is 0 Å². The molecule has 1 aromatic heterocycles. The summed E-state index contributed by atoms with van der Waals surface area (Å²) in [4.78, 5) is 18.9. The van der Waals surface area contributed by atoms with Crippen LogP contribution in [0.5, 0.6) is 0 Å². The van der Waals surface area contributed by atoms with E-state index in [4.69, 9.17) is 11.6 Å². The number of carbonyl (C=O) groups is 1. The van der Waals surface area contributed by atoms with Gasteiger partial charge in [0.25, 0.3) is 0 Å². The predicted octanol–water partition coefficient (Wildman–Crippen LogP) is 3.44. The molecule has 0 atom stereocenters. The van der Waals surface area contributed by atoms with Crippen LogP contribution in [0.1, 0.15) is 21.7 Å². The summed E-state index contributed by atoms with van der Waals surface area (Å²) in [7, 11) is 0. The van der Waals surface area contributed by atoms with Crippen molar-refractivity contribution in [1.82, 2.24) is 9.97 Å². The highest BCUT2D eigenvalue weighted by Gasteiger charge is 2.13. The summed E-state index contributed by atoms with van der Waals surface area (Å²) in [5, 5.41) is 2.81. The summed E-state index contributed by atoms with van der Waals surface area (Å²) >= 11 is 5.86. The van der Waals surface area contributed by atoms with E-state index < -0.39 is 5.82 Å². The number of carbonyl (C=O) groups excluding carboxylic acids is 1. The van der Waals surface area contributed by atoms with Gasteiger partial charge in [0.05, 0.1) is 11.3 Å². The van der Waals surface area contributed by atoms with Gasteiger partial charge in [0.15, 0.2) is 6.29 Å². The van der Waals surface area contributed by atoms with Crippen molar-refractivity contribution in [2.45, 2.75) is 13.8 Å². The summed E-state index contributed by atoms with van der Waals surface area (Å²) in [6, 6.07) is 4.61. The van der Waals surface area contributed by atoms with Crippen LogP contribution in [-0.4, -0.2) is 16.3 Å². The van der Waals surface area contributed by atoms with E-state index in [2.05, 4.69) is 15.3 Å². The van der Waals surface area contributed by atoms with Crippen molar-refractivity contribution in [3.8, 4) is 0 Å². The largest absolute Gasteiger partial charge is 0.337 e. The van der Waals surface area contributed by atoms with Crippen LogP contribution in [0.4, 0.5) is 15.9 Å². The van der Waals surface area contributed by atoms with Crippen LogP contribution >= 0.6 is 11.6 Å². The lowest BCUT2D eigenvalue weighted by Gasteiger charge is -2.10. The Hall–Kier alpha value is -2.01. The fourth-order valence-electron chi connectivity index (χ4n) is 1.61. The average Bonchev–Trinajstić information content (AvgIpc) is 2.33. The van der Waals surface area contributed by atoms with E-state index in [0.717, 1.165) is 5.56 Å².